The summed E-state index contributed by atoms with van der Waals surface area (Å²) < 4.78 is 0. The number of carbonyl (C=O) groups is 3. The fourth-order valence-corrected chi connectivity index (χ4v) is 1.53. The molecule has 0 aliphatic heterocycles. The minimum atomic E-state index is -0.567. The molecule has 6 heteroatoms. The minimum absolute atomic E-state index is 0.386. The Morgan fingerprint density at radius 2 is 1.72 bits per heavy atom. The van der Waals surface area contributed by atoms with E-state index in [1.54, 1.807) is 4.90 Å². The number of nitrogens with zero attached hydrogens (tertiary/aromatic N) is 1. The summed E-state index contributed by atoms with van der Waals surface area (Å²) in [7, 11) is 0. The zero-order valence-corrected chi connectivity index (χ0v) is 11.2. The molecule has 3 amide bonds. The van der Waals surface area contributed by atoms with Crippen LogP contribution in [0.5, 0.6) is 0 Å². The third-order valence-electron chi connectivity index (χ3n) is 2.34. The fraction of sp³-hybridized carbons (Fsp3) is 0.750. The van der Waals surface area contributed by atoms with Gasteiger partial charge in [0, 0.05) is 26.2 Å². The van der Waals surface area contributed by atoms with Gasteiger partial charge in [-0.25, -0.2) is 0 Å². The summed E-state index contributed by atoms with van der Waals surface area (Å²) >= 11 is 0. The standard InChI is InChI=1S/C12H23N3O3/c1-3-8-15(9-4-2)12(18)11(17)14-7-5-6-13-10-16/h10H,3-9H2,1-2H3,(H,13,16)(H,14,17). The average Bonchev–Trinajstić information content (AvgIpc) is 2.37. The van der Waals surface area contributed by atoms with Gasteiger partial charge in [-0.2, -0.15) is 0 Å². The summed E-state index contributed by atoms with van der Waals surface area (Å²) in [4.78, 5) is 34.9. The predicted molar refractivity (Wildman–Crippen MR) is 68.9 cm³/mol. The van der Waals surface area contributed by atoms with Gasteiger partial charge >= 0.3 is 11.8 Å². The molecule has 0 bridgehead atoms. The second-order valence-corrected chi connectivity index (χ2v) is 3.97. The lowest BCUT2D eigenvalue weighted by Crippen LogP contribution is -2.44. The van der Waals surface area contributed by atoms with Crippen molar-refractivity contribution < 1.29 is 14.4 Å². The summed E-state index contributed by atoms with van der Waals surface area (Å²) in [6, 6.07) is 0. The van der Waals surface area contributed by atoms with Crippen LogP contribution < -0.4 is 10.6 Å². The van der Waals surface area contributed by atoms with Crippen LogP contribution in [-0.4, -0.2) is 49.3 Å². The Kier molecular flexibility index (Phi) is 9.62. The van der Waals surface area contributed by atoms with Gasteiger partial charge in [-0.05, 0) is 19.3 Å². The van der Waals surface area contributed by atoms with Crippen molar-refractivity contribution >= 4 is 18.2 Å². The van der Waals surface area contributed by atoms with E-state index in [1.165, 1.54) is 0 Å². The highest BCUT2D eigenvalue weighted by Gasteiger charge is 2.19. The van der Waals surface area contributed by atoms with Crippen LogP contribution in [0.15, 0.2) is 0 Å². The first kappa shape index (κ1) is 16.4. The van der Waals surface area contributed by atoms with Crippen molar-refractivity contribution in [2.45, 2.75) is 33.1 Å². The Labute approximate surface area is 108 Å². The second kappa shape index (κ2) is 10.6. The highest BCUT2D eigenvalue weighted by molar-refractivity contribution is 6.34. The van der Waals surface area contributed by atoms with Gasteiger partial charge in [0.05, 0.1) is 0 Å². The smallest absolute Gasteiger partial charge is 0.311 e. The molecule has 0 heterocycles. The number of amides is 3. The van der Waals surface area contributed by atoms with Crippen molar-refractivity contribution in [3.63, 3.8) is 0 Å². The molecule has 2 N–H and O–H groups in total. The van der Waals surface area contributed by atoms with Crippen LogP contribution in [0.2, 0.25) is 0 Å². The molecular weight excluding hydrogens is 234 g/mol. The molecule has 0 fully saturated rings. The maximum Gasteiger partial charge on any atom is 0.311 e. The molecule has 0 saturated carbocycles. The molecule has 6 nitrogen and oxygen atoms in total. The Balaban J connectivity index is 3.97. The van der Waals surface area contributed by atoms with Crippen molar-refractivity contribution in [1.82, 2.24) is 15.5 Å². The van der Waals surface area contributed by atoms with Gasteiger partial charge in [-0.3, -0.25) is 14.4 Å². The second-order valence-electron chi connectivity index (χ2n) is 3.97. The van der Waals surface area contributed by atoms with E-state index in [0.29, 0.717) is 39.0 Å². The molecule has 104 valence electrons. The topological polar surface area (TPSA) is 78.5 Å². The zero-order valence-electron chi connectivity index (χ0n) is 11.2. The molecular formula is C12H23N3O3. The Morgan fingerprint density at radius 1 is 1.11 bits per heavy atom. The zero-order chi connectivity index (χ0) is 13.8. The van der Waals surface area contributed by atoms with E-state index in [-0.39, 0.29) is 0 Å². The van der Waals surface area contributed by atoms with Gasteiger partial charge in [0.1, 0.15) is 0 Å². The van der Waals surface area contributed by atoms with Gasteiger partial charge in [0.2, 0.25) is 6.41 Å². The van der Waals surface area contributed by atoms with Crippen LogP contribution in [0.25, 0.3) is 0 Å². The van der Waals surface area contributed by atoms with Crippen LogP contribution in [0.3, 0.4) is 0 Å². The normalized spacial score (nSPS) is 9.67. The highest BCUT2D eigenvalue weighted by atomic mass is 16.2. The van der Waals surface area contributed by atoms with Crippen LogP contribution in [0.1, 0.15) is 33.1 Å². The quantitative estimate of drug-likeness (QED) is 0.343. The van der Waals surface area contributed by atoms with E-state index < -0.39 is 11.8 Å². The fourth-order valence-electron chi connectivity index (χ4n) is 1.53. The van der Waals surface area contributed by atoms with Crippen molar-refractivity contribution in [2.75, 3.05) is 26.2 Å². The molecule has 0 aliphatic rings. The number of carbonyl (C=O) groups excluding carboxylic acids is 3. The SMILES string of the molecule is CCCN(CCC)C(=O)C(=O)NCCCNC=O. The molecule has 0 aromatic carbocycles. The molecule has 0 aliphatic carbocycles. The molecule has 0 aromatic rings. The summed E-state index contributed by atoms with van der Waals surface area (Å²) in [5, 5.41) is 5.04. The van der Waals surface area contributed by atoms with Gasteiger partial charge in [0.15, 0.2) is 0 Å². The van der Waals surface area contributed by atoms with E-state index >= 15 is 0 Å². The van der Waals surface area contributed by atoms with E-state index in [4.69, 9.17) is 0 Å². The molecule has 0 radical (unpaired) electrons. The first-order valence-electron chi connectivity index (χ1n) is 6.41. The summed E-state index contributed by atoms with van der Waals surface area (Å²) in [6.07, 6.45) is 2.89. The van der Waals surface area contributed by atoms with Gasteiger partial charge < -0.3 is 15.5 Å². The van der Waals surface area contributed by atoms with Crippen molar-refractivity contribution in [3.8, 4) is 0 Å². The minimum Gasteiger partial charge on any atom is -0.359 e. The number of hydrogen-bond acceptors (Lipinski definition) is 3. The van der Waals surface area contributed by atoms with Crippen molar-refractivity contribution in [3.05, 3.63) is 0 Å². The maximum atomic E-state index is 11.8. The Bertz CT molecular complexity index is 263. The third kappa shape index (κ3) is 6.88. The monoisotopic (exact) mass is 257 g/mol. The third-order valence-corrected chi connectivity index (χ3v) is 2.34. The molecule has 0 saturated heterocycles. The van der Waals surface area contributed by atoms with E-state index in [1.807, 2.05) is 13.8 Å². The lowest BCUT2D eigenvalue weighted by atomic mass is 10.3. The first-order chi connectivity index (χ1) is 8.67. The largest absolute Gasteiger partial charge is 0.359 e. The first-order valence-corrected chi connectivity index (χ1v) is 6.41. The van der Waals surface area contributed by atoms with Gasteiger partial charge in [0.25, 0.3) is 0 Å². The average molecular weight is 257 g/mol. The van der Waals surface area contributed by atoms with Crippen LogP contribution in [-0.2, 0) is 14.4 Å². The summed E-state index contributed by atoms with van der Waals surface area (Å²) in [5.74, 6) is -1.04. The summed E-state index contributed by atoms with van der Waals surface area (Å²) in [6.45, 7) is 6.03. The number of rotatable bonds is 9. The molecule has 0 spiro atoms. The molecule has 18 heavy (non-hydrogen) atoms. The number of hydrogen-bond donors (Lipinski definition) is 2. The highest BCUT2D eigenvalue weighted by Crippen LogP contribution is 1.95. The van der Waals surface area contributed by atoms with Crippen molar-refractivity contribution in [2.24, 2.45) is 0 Å². The lowest BCUT2D eigenvalue weighted by molar-refractivity contribution is -0.145. The van der Waals surface area contributed by atoms with Crippen LogP contribution in [0.4, 0.5) is 0 Å². The lowest BCUT2D eigenvalue weighted by Gasteiger charge is -2.20. The summed E-state index contributed by atoms with van der Waals surface area (Å²) in [5.41, 5.74) is 0. The van der Waals surface area contributed by atoms with Gasteiger partial charge in [-0.15, -0.1) is 0 Å². The molecule has 0 atom stereocenters. The van der Waals surface area contributed by atoms with Crippen LogP contribution >= 0.6 is 0 Å². The Hall–Kier alpha value is -1.59. The molecule has 0 rings (SSSR count). The maximum absolute atomic E-state index is 11.8. The molecule has 0 aromatic heterocycles. The predicted octanol–water partition coefficient (Wildman–Crippen LogP) is -0.113. The van der Waals surface area contributed by atoms with E-state index in [2.05, 4.69) is 10.6 Å². The van der Waals surface area contributed by atoms with E-state index in [0.717, 1.165) is 12.8 Å². The number of nitrogens with one attached hydrogen (secondary N) is 2. The van der Waals surface area contributed by atoms with Gasteiger partial charge in [-0.1, -0.05) is 13.8 Å². The van der Waals surface area contributed by atoms with Crippen LogP contribution in [0, 0.1) is 0 Å². The van der Waals surface area contributed by atoms with E-state index in [9.17, 15) is 14.4 Å². The van der Waals surface area contributed by atoms with Crippen molar-refractivity contribution in [1.29, 1.82) is 0 Å². The Morgan fingerprint density at radius 3 is 2.22 bits per heavy atom. The molecule has 0 unspecified atom stereocenters.